The topological polar surface area (TPSA) is 88.7 Å². The van der Waals surface area contributed by atoms with Crippen molar-refractivity contribution < 1.29 is 9.53 Å². The zero-order valence-corrected chi connectivity index (χ0v) is 20.4. The lowest BCUT2D eigenvalue weighted by Gasteiger charge is -2.20. The Labute approximate surface area is 206 Å². The molecule has 0 aliphatic carbocycles. The van der Waals surface area contributed by atoms with Crippen LogP contribution in [0.3, 0.4) is 0 Å². The van der Waals surface area contributed by atoms with Crippen molar-refractivity contribution in [2.24, 2.45) is 10.7 Å². The summed E-state index contributed by atoms with van der Waals surface area (Å²) >= 11 is 0. The fourth-order valence-corrected chi connectivity index (χ4v) is 3.30. The molecule has 0 spiro atoms. The average Bonchev–Trinajstić information content (AvgIpc) is 2.81. The lowest BCUT2D eigenvalue weighted by atomic mass is 9.91. The van der Waals surface area contributed by atoms with E-state index in [1.807, 2.05) is 30.3 Å². The fourth-order valence-electron chi connectivity index (χ4n) is 3.30. The zero-order valence-electron chi connectivity index (χ0n) is 18.0. The highest BCUT2D eigenvalue weighted by Crippen LogP contribution is 2.23. The largest absolute Gasteiger partial charge is 0.484 e. The normalized spacial score (nSPS) is 10.9. The predicted molar refractivity (Wildman–Crippen MR) is 139 cm³/mol. The number of benzene rings is 3. The number of hydrogen-bond donors (Lipinski definition) is 3. The molecule has 3 aromatic carbocycles. The number of halogens is 1. The van der Waals surface area contributed by atoms with Gasteiger partial charge in [0.05, 0.1) is 0 Å². The molecule has 0 aliphatic rings. The molecule has 0 saturated carbocycles. The van der Waals surface area contributed by atoms with Gasteiger partial charge in [-0.1, -0.05) is 72.8 Å². The van der Waals surface area contributed by atoms with Crippen molar-refractivity contribution in [3.05, 3.63) is 102 Å². The van der Waals surface area contributed by atoms with Crippen molar-refractivity contribution >= 4 is 35.8 Å². The lowest BCUT2D eigenvalue weighted by Crippen LogP contribution is -2.39. The maximum Gasteiger partial charge on any atom is 0.255 e. The smallest absolute Gasteiger partial charge is 0.255 e. The summed E-state index contributed by atoms with van der Waals surface area (Å²) in [6.07, 6.45) is 0. The number of carbonyl (C=O) groups is 1. The van der Waals surface area contributed by atoms with Crippen molar-refractivity contribution in [3.8, 4) is 5.75 Å². The van der Waals surface area contributed by atoms with Gasteiger partial charge in [0.1, 0.15) is 5.75 Å². The highest BCUT2D eigenvalue weighted by molar-refractivity contribution is 14.0. The average molecular weight is 544 g/mol. The molecule has 0 bridgehead atoms. The lowest BCUT2D eigenvalue weighted by molar-refractivity contribution is -0.119. The van der Waals surface area contributed by atoms with Gasteiger partial charge in [-0.05, 0) is 28.8 Å². The Balaban J connectivity index is 0.00000363. The number of hydrogen-bond acceptors (Lipinski definition) is 3. The second-order valence-corrected chi connectivity index (χ2v) is 7.08. The van der Waals surface area contributed by atoms with E-state index in [1.54, 1.807) is 13.1 Å². The first kappa shape index (κ1) is 25.2. The van der Waals surface area contributed by atoms with Gasteiger partial charge in [-0.25, -0.2) is 0 Å². The van der Waals surface area contributed by atoms with Gasteiger partial charge in [-0.15, -0.1) is 24.0 Å². The van der Waals surface area contributed by atoms with Gasteiger partial charge in [0, 0.05) is 26.1 Å². The van der Waals surface area contributed by atoms with Gasteiger partial charge in [0.15, 0.2) is 12.6 Å². The zero-order chi connectivity index (χ0) is 21.9. The third-order valence-electron chi connectivity index (χ3n) is 4.84. The Kier molecular flexibility index (Phi) is 10.5. The van der Waals surface area contributed by atoms with Crippen LogP contribution < -0.4 is 21.1 Å². The third kappa shape index (κ3) is 7.88. The number of nitrogens with two attached hydrogens (primary N) is 1. The summed E-state index contributed by atoms with van der Waals surface area (Å²) in [5.41, 5.74) is 8.64. The number of ether oxygens (including phenoxy) is 1. The third-order valence-corrected chi connectivity index (χ3v) is 4.84. The summed E-state index contributed by atoms with van der Waals surface area (Å²) in [5, 5.41) is 6.77. The van der Waals surface area contributed by atoms with E-state index >= 15 is 0 Å². The molecule has 3 rings (SSSR count). The molecule has 0 aromatic heterocycles. The minimum atomic E-state index is -0.500. The molecular weight excluding hydrogens is 515 g/mol. The Hall–Kier alpha value is -3.07. The van der Waals surface area contributed by atoms with Crippen LogP contribution in [-0.2, 0) is 11.3 Å². The first-order valence-corrected chi connectivity index (χ1v) is 10.2. The summed E-state index contributed by atoms with van der Waals surface area (Å²) in [4.78, 5) is 15.3. The van der Waals surface area contributed by atoms with E-state index in [4.69, 9.17) is 10.5 Å². The maximum absolute atomic E-state index is 10.9. The SMILES string of the molecule is CN=C(NCc1cccc(OCC(N)=O)c1)NCC(c1ccccc1)c1ccccc1.I. The van der Waals surface area contributed by atoms with Gasteiger partial charge in [0.2, 0.25) is 0 Å². The number of nitrogens with zero attached hydrogens (tertiary/aromatic N) is 1. The van der Waals surface area contributed by atoms with Gasteiger partial charge < -0.3 is 21.1 Å². The van der Waals surface area contributed by atoms with Crippen molar-refractivity contribution in [3.63, 3.8) is 0 Å². The van der Waals surface area contributed by atoms with Crippen molar-refractivity contribution in [1.82, 2.24) is 10.6 Å². The molecule has 7 heteroatoms. The molecule has 3 aromatic rings. The molecule has 0 fully saturated rings. The van der Waals surface area contributed by atoms with Crippen LogP contribution in [0.2, 0.25) is 0 Å². The number of rotatable bonds is 9. The Morgan fingerprint density at radius 1 is 0.938 bits per heavy atom. The van der Waals surface area contributed by atoms with Gasteiger partial charge in [0.25, 0.3) is 5.91 Å². The van der Waals surface area contributed by atoms with E-state index in [0.29, 0.717) is 24.8 Å². The first-order valence-electron chi connectivity index (χ1n) is 10.2. The molecule has 0 heterocycles. The van der Waals surface area contributed by atoms with E-state index in [0.717, 1.165) is 5.56 Å². The molecule has 1 amide bonds. The maximum atomic E-state index is 10.9. The summed E-state index contributed by atoms with van der Waals surface area (Å²) in [5.74, 6) is 1.01. The molecule has 0 unspecified atom stereocenters. The van der Waals surface area contributed by atoms with E-state index in [2.05, 4.69) is 64.2 Å². The van der Waals surface area contributed by atoms with E-state index in [-0.39, 0.29) is 36.5 Å². The minimum Gasteiger partial charge on any atom is -0.484 e. The van der Waals surface area contributed by atoms with Gasteiger partial charge in [-0.2, -0.15) is 0 Å². The van der Waals surface area contributed by atoms with Crippen LogP contribution in [0.25, 0.3) is 0 Å². The minimum absolute atomic E-state index is 0. The van der Waals surface area contributed by atoms with Crippen molar-refractivity contribution in [2.45, 2.75) is 12.5 Å². The summed E-state index contributed by atoms with van der Waals surface area (Å²) in [7, 11) is 1.75. The quantitative estimate of drug-likeness (QED) is 0.218. The summed E-state index contributed by atoms with van der Waals surface area (Å²) < 4.78 is 5.37. The van der Waals surface area contributed by atoms with Gasteiger partial charge >= 0.3 is 0 Å². The number of guanidine groups is 1. The van der Waals surface area contributed by atoms with E-state index in [9.17, 15) is 4.79 Å². The number of aliphatic imine (C=N–C) groups is 1. The van der Waals surface area contributed by atoms with E-state index in [1.165, 1.54) is 11.1 Å². The molecule has 0 atom stereocenters. The van der Waals surface area contributed by atoms with Crippen LogP contribution in [0.5, 0.6) is 5.75 Å². The summed E-state index contributed by atoms with van der Waals surface area (Å²) in [6.45, 7) is 1.13. The molecule has 4 N–H and O–H groups in total. The predicted octanol–water partition coefficient (Wildman–Crippen LogP) is 3.67. The highest BCUT2D eigenvalue weighted by atomic mass is 127. The highest BCUT2D eigenvalue weighted by Gasteiger charge is 2.14. The molecular formula is C25H29IN4O2. The van der Waals surface area contributed by atoms with Gasteiger partial charge in [-0.3, -0.25) is 9.79 Å². The second kappa shape index (κ2) is 13.4. The van der Waals surface area contributed by atoms with Crippen LogP contribution in [0.1, 0.15) is 22.6 Å². The second-order valence-electron chi connectivity index (χ2n) is 7.08. The van der Waals surface area contributed by atoms with Crippen molar-refractivity contribution in [1.29, 1.82) is 0 Å². The van der Waals surface area contributed by atoms with Crippen LogP contribution in [0.4, 0.5) is 0 Å². The van der Waals surface area contributed by atoms with Crippen LogP contribution in [0.15, 0.2) is 89.9 Å². The monoisotopic (exact) mass is 544 g/mol. The number of carbonyl (C=O) groups excluding carboxylic acids is 1. The summed E-state index contributed by atoms with van der Waals surface area (Å²) in [6, 6.07) is 28.4. The Bertz CT molecular complexity index is 958. The molecule has 0 saturated heterocycles. The Morgan fingerprint density at radius 2 is 1.56 bits per heavy atom. The van der Waals surface area contributed by atoms with Crippen LogP contribution >= 0.6 is 24.0 Å². The van der Waals surface area contributed by atoms with Crippen molar-refractivity contribution in [2.75, 3.05) is 20.2 Å². The number of primary amides is 1. The first-order chi connectivity index (χ1) is 15.2. The fraction of sp³-hybridized carbons (Fsp3) is 0.200. The standard InChI is InChI=1S/C25H28N4O2.HI/c1-27-25(28-16-19-9-8-14-22(15-19)31-18-24(26)30)29-17-23(20-10-4-2-5-11-20)21-12-6-3-7-13-21;/h2-15,23H,16-18H2,1H3,(H2,26,30)(H2,27,28,29);1H. The Morgan fingerprint density at radius 3 is 2.12 bits per heavy atom. The van der Waals surface area contributed by atoms with E-state index < -0.39 is 5.91 Å². The molecule has 0 aliphatic heterocycles. The molecule has 0 radical (unpaired) electrons. The number of amides is 1. The molecule has 168 valence electrons. The van der Waals surface area contributed by atoms with Crippen LogP contribution in [-0.4, -0.2) is 32.1 Å². The molecule has 6 nitrogen and oxygen atoms in total. The molecule has 32 heavy (non-hydrogen) atoms. The number of nitrogens with one attached hydrogen (secondary N) is 2. The van der Waals surface area contributed by atoms with Crippen LogP contribution in [0, 0.1) is 0 Å².